The molecule has 2 aromatic carbocycles. The Bertz CT molecular complexity index is 850. The van der Waals surface area contributed by atoms with Crippen molar-refractivity contribution in [3.8, 4) is 11.5 Å². The molecule has 2 aromatic rings. The van der Waals surface area contributed by atoms with Gasteiger partial charge in [-0.05, 0) is 61.7 Å². The van der Waals surface area contributed by atoms with Crippen LogP contribution in [0.5, 0.6) is 11.5 Å². The summed E-state index contributed by atoms with van der Waals surface area (Å²) in [5.74, 6) is 0.173. The molecule has 0 bridgehead atoms. The van der Waals surface area contributed by atoms with E-state index in [1.807, 2.05) is 38.1 Å². The highest BCUT2D eigenvalue weighted by atomic mass is 79.9. The molecule has 2 amide bonds. The van der Waals surface area contributed by atoms with Crippen LogP contribution in [-0.4, -0.2) is 25.0 Å². The van der Waals surface area contributed by atoms with E-state index < -0.39 is 11.8 Å². The zero-order valence-electron chi connectivity index (χ0n) is 17.7. The van der Waals surface area contributed by atoms with Gasteiger partial charge in [0.15, 0.2) is 6.61 Å². The third-order valence-corrected chi connectivity index (χ3v) is 4.82. The summed E-state index contributed by atoms with van der Waals surface area (Å²) in [5.41, 5.74) is 7.24. The molecule has 0 saturated heterocycles. The number of nitrogens with one attached hydrogen (secondary N) is 2. The Kier molecular flexibility index (Phi) is 9.67. The Morgan fingerprint density at radius 1 is 0.933 bits per heavy atom. The van der Waals surface area contributed by atoms with Crippen LogP contribution in [0.2, 0.25) is 0 Å². The molecule has 6 nitrogen and oxygen atoms in total. The number of rotatable bonds is 10. The van der Waals surface area contributed by atoms with E-state index in [-0.39, 0.29) is 6.61 Å². The van der Waals surface area contributed by atoms with E-state index in [4.69, 9.17) is 9.47 Å². The highest BCUT2D eigenvalue weighted by Crippen LogP contribution is 2.23. The Balaban J connectivity index is 1.87. The highest BCUT2D eigenvalue weighted by Gasteiger charge is 2.14. The minimum atomic E-state index is -0.459. The molecule has 0 unspecified atom stereocenters. The minimum absolute atomic E-state index is 0.206. The van der Waals surface area contributed by atoms with Gasteiger partial charge in [-0.15, -0.1) is 0 Å². The Hall–Kier alpha value is -2.54. The average Bonchev–Trinajstić information content (AvgIpc) is 2.70. The van der Waals surface area contributed by atoms with Crippen molar-refractivity contribution in [2.45, 2.75) is 46.5 Å². The summed E-state index contributed by atoms with van der Waals surface area (Å²) >= 11 is 3.37. The lowest BCUT2D eigenvalue weighted by Crippen LogP contribution is -2.44. The second kappa shape index (κ2) is 12.2. The molecule has 0 aliphatic heterocycles. The molecular formula is C23H29BrN2O4. The molecule has 0 aliphatic rings. The van der Waals surface area contributed by atoms with Crippen LogP contribution in [0, 0.1) is 13.8 Å². The highest BCUT2D eigenvalue weighted by molar-refractivity contribution is 9.10. The van der Waals surface area contributed by atoms with E-state index in [1.165, 1.54) is 0 Å². The molecule has 0 fully saturated rings. The number of hydrogen-bond donors (Lipinski definition) is 2. The predicted molar refractivity (Wildman–Crippen MR) is 121 cm³/mol. The summed E-state index contributed by atoms with van der Waals surface area (Å²) in [6.45, 7) is 6.41. The van der Waals surface area contributed by atoms with Crippen LogP contribution in [0.4, 0.5) is 0 Å². The number of halogens is 1. The summed E-state index contributed by atoms with van der Waals surface area (Å²) in [6.07, 6.45) is 4.33. The van der Waals surface area contributed by atoms with Gasteiger partial charge in [0.2, 0.25) is 0 Å². The van der Waals surface area contributed by atoms with Crippen LogP contribution in [0.15, 0.2) is 40.9 Å². The largest absolute Gasteiger partial charge is 0.493 e. The van der Waals surface area contributed by atoms with E-state index in [2.05, 4.69) is 33.7 Å². The smallest absolute Gasteiger partial charge is 0.276 e. The van der Waals surface area contributed by atoms with Gasteiger partial charge in [-0.3, -0.25) is 20.4 Å². The molecule has 0 radical (unpaired) electrons. The fraction of sp³-hybridized carbons (Fsp3) is 0.391. The number of carbonyl (C=O) groups excluding carboxylic acids is 2. The topological polar surface area (TPSA) is 76.7 Å². The summed E-state index contributed by atoms with van der Waals surface area (Å²) in [6, 6.07) is 10.9. The van der Waals surface area contributed by atoms with Crippen molar-refractivity contribution in [1.29, 1.82) is 0 Å². The van der Waals surface area contributed by atoms with Crippen molar-refractivity contribution in [1.82, 2.24) is 10.9 Å². The molecule has 0 aromatic heterocycles. The molecule has 0 atom stereocenters. The van der Waals surface area contributed by atoms with Crippen LogP contribution in [-0.2, 0) is 4.79 Å². The summed E-state index contributed by atoms with van der Waals surface area (Å²) in [5, 5.41) is 0. The Morgan fingerprint density at radius 3 is 2.37 bits per heavy atom. The lowest BCUT2D eigenvalue weighted by Gasteiger charge is -2.13. The zero-order chi connectivity index (χ0) is 21.9. The average molecular weight is 477 g/mol. The van der Waals surface area contributed by atoms with Gasteiger partial charge in [-0.2, -0.15) is 0 Å². The summed E-state index contributed by atoms with van der Waals surface area (Å²) in [7, 11) is 0. The van der Waals surface area contributed by atoms with Crippen molar-refractivity contribution in [2.24, 2.45) is 0 Å². The Labute approximate surface area is 186 Å². The number of hydrazine groups is 1. The zero-order valence-corrected chi connectivity index (χ0v) is 19.3. The fourth-order valence-corrected chi connectivity index (χ4v) is 3.27. The number of unbranched alkanes of at least 4 members (excludes halogenated alkanes) is 3. The third kappa shape index (κ3) is 8.06. The lowest BCUT2D eigenvalue weighted by molar-refractivity contribution is -0.123. The first-order valence-corrected chi connectivity index (χ1v) is 10.9. The SMILES string of the molecule is CCCCCCOc1ccc(Br)cc1C(=O)NNC(=O)COc1cc(C)cc(C)c1. The van der Waals surface area contributed by atoms with Gasteiger partial charge in [0, 0.05) is 4.47 Å². The molecule has 0 saturated carbocycles. The first-order chi connectivity index (χ1) is 14.4. The van der Waals surface area contributed by atoms with Gasteiger partial charge >= 0.3 is 0 Å². The number of aryl methyl sites for hydroxylation is 2. The molecule has 162 valence electrons. The van der Waals surface area contributed by atoms with Crippen molar-refractivity contribution in [2.75, 3.05) is 13.2 Å². The number of benzene rings is 2. The number of amides is 2. The second-order valence-electron chi connectivity index (χ2n) is 7.16. The predicted octanol–water partition coefficient (Wildman–Crippen LogP) is 4.87. The van der Waals surface area contributed by atoms with Crippen molar-refractivity contribution in [3.63, 3.8) is 0 Å². The monoisotopic (exact) mass is 476 g/mol. The molecule has 7 heteroatoms. The molecule has 0 spiro atoms. The first kappa shape index (κ1) is 23.7. The number of ether oxygens (including phenoxy) is 2. The number of carbonyl (C=O) groups is 2. The van der Waals surface area contributed by atoms with E-state index in [1.54, 1.807) is 12.1 Å². The van der Waals surface area contributed by atoms with Gasteiger partial charge in [0.25, 0.3) is 11.8 Å². The van der Waals surface area contributed by atoms with Gasteiger partial charge in [0.05, 0.1) is 12.2 Å². The maximum atomic E-state index is 12.6. The van der Waals surface area contributed by atoms with Crippen LogP contribution >= 0.6 is 15.9 Å². The standard InChI is InChI=1S/C23H29BrN2O4/c1-4-5-6-7-10-29-21-9-8-18(24)14-20(21)23(28)26-25-22(27)15-30-19-12-16(2)11-17(3)13-19/h8-9,11-14H,4-7,10,15H2,1-3H3,(H,25,27)(H,26,28). The van der Waals surface area contributed by atoms with Crippen molar-refractivity contribution in [3.05, 3.63) is 57.6 Å². The van der Waals surface area contributed by atoms with Crippen LogP contribution in [0.3, 0.4) is 0 Å². The van der Waals surface area contributed by atoms with E-state index >= 15 is 0 Å². The maximum Gasteiger partial charge on any atom is 0.276 e. The van der Waals surface area contributed by atoms with Gasteiger partial charge in [-0.1, -0.05) is 48.2 Å². The molecule has 2 N–H and O–H groups in total. The number of hydrogen-bond acceptors (Lipinski definition) is 4. The summed E-state index contributed by atoms with van der Waals surface area (Å²) < 4.78 is 12.0. The normalized spacial score (nSPS) is 10.4. The fourth-order valence-electron chi connectivity index (χ4n) is 2.91. The quantitative estimate of drug-likeness (QED) is 0.378. The molecule has 30 heavy (non-hydrogen) atoms. The van der Waals surface area contributed by atoms with Gasteiger partial charge < -0.3 is 9.47 Å². The van der Waals surface area contributed by atoms with Crippen LogP contribution in [0.25, 0.3) is 0 Å². The van der Waals surface area contributed by atoms with E-state index in [9.17, 15) is 9.59 Å². The van der Waals surface area contributed by atoms with E-state index in [0.717, 1.165) is 41.3 Å². The van der Waals surface area contributed by atoms with Gasteiger partial charge in [0.1, 0.15) is 11.5 Å². The molecule has 0 heterocycles. The first-order valence-electron chi connectivity index (χ1n) is 10.1. The third-order valence-electron chi connectivity index (χ3n) is 4.32. The van der Waals surface area contributed by atoms with Crippen LogP contribution < -0.4 is 20.3 Å². The molecule has 0 aliphatic carbocycles. The molecule has 2 rings (SSSR count). The van der Waals surface area contributed by atoms with Gasteiger partial charge in [-0.25, -0.2) is 0 Å². The summed E-state index contributed by atoms with van der Waals surface area (Å²) in [4.78, 5) is 24.6. The minimum Gasteiger partial charge on any atom is -0.493 e. The molecular weight excluding hydrogens is 448 g/mol. The second-order valence-corrected chi connectivity index (χ2v) is 8.08. The lowest BCUT2D eigenvalue weighted by atomic mass is 10.1. The van der Waals surface area contributed by atoms with Crippen molar-refractivity contribution >= 4 is 27.7 Å². The maximum absolute atomic E-state index is 12.6. The Morgan fingerprint density at radius 2 is 1.67 bits per heavy atom. The van der Waals surface area contributed by atoms with E-state index in [0.29, 0.717) is 23.7 Å². The van der Waals surface area contributed by atoms with Crippen LogP contribution in [0.1, 0.15) is 54.1 Å². The van der Waals surface area contributed by atoms with Crippen molar-refractivity contribution < 1.29 is 19.1 Å².